The summed E-state index contributed by atoms with van der Waals surface area (Å²) in [5.41, 5.74) is 0.217. The Morgan fingerprint density at radius 2 is 2.00 bits per heavy atom. The van der Waals surface area contributed by atoms with E-state index >= 15 is 0 Å². The fourth-order valence-electron chi connectivity index (χ4n) is 1.89. The number of hydrogen-bond acceptors (Lipinski definition) is 2. The highest BCUT2D eigenvalue weighted by Gasteiger charge is 2.18. The lowest BCUT2D eigenvalue weighted by molar-refractivity contribution is -0.130. The van der Waals surface area contributed by atoms with Crippen LogP contribution in [-0.2, 0) is 11.3 Å². The first kappa shape index (κ1) is 10.7. The lowest BCUT2D eigenvalue weighted by Crippen LogP contribution is -2.30. The molecule has 86 valence electrons. The summed E-state index contributed by atoms with van der Waals surface area (Å²) in [5.74, 6) is -0.905. The van der Waals surface area contributed by atoms with Crippen LogP contribution in [0.15, 0.2) is 18.5 Å². The van der Waals surface area contributed by atoms with Crippen LogP contribution in [0.25, 0.3) is 0 Å². The molecule has 16 heavy (non-hydrogen) atoms. The summed E-state index contributed by atoms with van der Waals surface area (Å²) >= 11 is 0. The van der Waals surface area contributed by atoms with E-state index in [1.54, 1.807) is 10.8 Å². The van der Waals surface area contributed by atoms with Crippen molar-refractivity contribution in [2.75, 3.05) is 13.1 Å². The van der Waals surface area contributed by atoms with Gasteiger partial charge in [0.15, 0.2) is 0 Å². The molecule has 1 aromatic rings. The Labute approximate surface area is 93.3 Å². The van der Waals surface area contributed by atoms with Crippen molar-refractivity contribution in [3.05, 3.63) is 24.0 Å². The van der Waals surface area contributed by atoms with Crippen LogP contribution >= 0.6 is 0 Å². The molecule has 1 aromatic heterocycles. The van der Waals surface area contributed by atoms with Crippen molar-refractivity contribution in [3.63, 3.8) is 0 Å². The van der Waals surface area contributed by atoms with Gasteiger partial charge >= 0.3 is 5.97 Å². The minimum absolute atomic E-state index is 0.0602. The van der Waals surface area contributed by atoms with Crippen molar-refractivity contribution in [3.8, 4) is 0 Å². The lowest BCUT2D eigenvalue weighted by Gasteiger charge is -2.15. The van der Waals surface area contributed by atoms with Gasteiger partial charge in [0.1, 0.15) is 6.54 Å². The number of rotatable bonds is 3. The predicted octanol–water partition coefficient (Wildman–Crippen LogP) is 0.809. The van der Waals surface area contributed by atoms with Crippen LogP contribution in [0, 0.1) is 0 Å². The van der Waals surface area contributed by atoms with E-state index in [1.165, 1.54) is 12.3 Å². The molecule has 0 aromatic carbocycles. The average molecular weight is 222 g/mol. The minimum Gasteiger partial charge on any atom is -0.478 e. The molecule has 1 N–H and O–H groups in total. The monoisotopic (exact) mass is 222 g/mol. The van der Waals surface area contributed by atoms with E-state index in [0.29, 0.717) is 0 Å². The Bertz CT molecular complexity index is 405. The van der Waals surface area contributed by atoms with Gasteiger partial charge in [-0.2, -0.15) is 0 Å². The molecule has 0 unspecified atom stereocenters. The van der Waals surface area contributed by atoms with Crippen LogP contribution in [0.2, 0.25) is 0 Å². The first-order valence-corrected chi connectivity index (χ1v) is 5.33. The van der Waals surface area contributed by atoms with E-state index in [0.717, 1.165) is 25.9 Å². The fourth-order valence-corrected chi connectivity index (χ4v) is 1.89. The van der Waals surface area contributed by atoms with Gasteiger partial charge in [-0.15, -0.1) is 0 Å². The fraction of sp³-hybridized carbons (Fsp3) is 0.455. The van der Waals surface area contributed by atoms with Crippen LogP contribution in [0.4, 0.5) is 0 Å². The van der Waals surface area contributed by atoms with E-state index in [4.69, 9.17) is 5.11 Å². The van der Waals surface area contributed by atoms with Crippen LogP contribution in [-0.4, -0.2) is 39.5 Å². The Morgan fingerprint density at radius 3 is 2.56 bits per heavy atom. The molecule has 0 atom stereocenters. The molecule has 0 saturated carbocycles. The molecule has 2 heterocycles. The number of carboxylic acid groups (broad SMARTS) is 1. The molecule has 0 radical (unpaired) electrons. The maximum Gasteiger partial charge on any atom is 0.337 e. The zero-order chi connectivity index (χ0) is 11.5. The molecule has 2 rings (SSSR count). The first-order chi connectivity index (χ1) is 7.66. The van der Waals surface area contributed by atoms with Crippen molar-refractivity contribution in [1.29, 1.82) is 0 Å². The highest BCUT2D eigenvalue weighted by molar-refractivity contribution is 5.87. The minimum atomic E-state index is -0.965. The third kappa shape index (κ3) is 2.24. The second-order valence-corrected chi connectivity index (χ2v) is 3.97. The largest absolute Gasteiger partial charge is 0.478 e. The molecule has 1 saturated heterocycles. The second-order valence-electron chi connectivity index (χ2n) is 3.97. The summed E-state index contributed by atoms with van der Waals surface area (Å²) < 4.78 is 1.62. The summed E-state index contributed by atoms with van der Waals surface area (Å²) in [6, 6.07) is 1.50. The highest BCUT2D eigenvalue weighted by atomic mass is 16.4. The van der Waals surface area contributed by atoms with E-state index in [2.05, 4.69) is 0 Å². The molecule has 1 amide bonds. The van der Waals surface area contributed by atoms with E-state index in [1.807, 2.05) is 4.90 Å². The quantitative estimate of drug-likeness (QED) is 0.823. The molecule has 1 fully saturated rings. The molecule has 1 aliphatic rings. The van der Waals surface area contributed by atoms with E-state index in [9.17, 15) is 9.59 Å². The first-order valence-electron chi connectivity index (χ1n) is 5.33. The number of hydrogen-bond donors (Lipinski definition) is 1. The van der Waals surface area contributed by atoms with Crippen LogP contribution in [0.5, 0.6) is 0 Å². The number of nitrogens with zero attached hydrogens (tertiary/aromatic N) is 2. The van der Waals surface area contributed by atoms with E-state index < -0.39 is 5.97 Å². The van der Waals surface area contributed by atoms with Crippen LogP contribution in [0.3, 0.4) is 0 Å². The number of carbonyl (C=O) groups is 2. The maximum absolute atomic E-state index is 11.8. The van der Waals surface area contributed by atoms with Crippen LogP contribution in [0.1, 0.15) is 23.2 Å². The predicted molar refractivity (Wildman–Crippen MR) is 57.2 cm³/mol. The van der Waals surface area contributed by atoms with Gasteiger partial charge in [-0.05, 0) is 18.9 Å². The molecule has 5 nitrogen and oxygen atoms in total. The molecule has 5 heteroatoms. The van der Waals surface area contributed by atoms with Crippen molar-refractivity contribution < 1.29 is 14.7 Å². The Kier molecular flexibility index (Phi) is 2.94. The average Bonchev–Trinajstić information content (AvgIpc) is 2.87. The zero-order valence-electron chi connectivity index (χ0n) is 8.93. The number of aromatic carboxylic acids is 1. The Hall–Kier alpha value is -1.78. The summed E-state index contributed by atoms with van der Waals surface area (Å²) in [7, 11) is 0. The number of carboxylic acids is 1. The van der Waals surface area contributed by atoms with Gasteiger partial charge in [-0.3, -0.25) is 4.79 Å². The normalized spacial score (nSPS) is 15.4. The van der Waals surface area contributed by atoms with Crippen LogP contribution < -0.4 is 0 Å². The van der Waals surface area contributed by atoms with Gasteiger partial charge in [-0.1, -0.05) is 0 Å². The summed E-state index contributed by atoms with van der Waals surface area (Å²) in [5, 5.41) is 8.74. The third-order valence-electron chi connectivity index (χ3n) is 2.77. The summed E-state index contributed by atoms with van der Waals surface area (Å²) in [6.07, 6.45) is 5.24. The van der Waals surface area contributed by atoms with Gasteiger partial charge in [0.2, 0.25) is 5.91 Å². The zero-order valence-corrected chi connectivity index (χ0v) is 8.93. The molecule has 0 bridgehead atoms. The Morgan fingerprint density at radius 1 is 1.31 bits per heavy atom. The van der Waals surface area contributed by atoms with Gasteiger partial charge < -0.3 is 14.6 Å². The highest BCUT2D eigenvalue weighted by Crippen LogP contribution is 2.09. The molecule has 0 aliphatic carbocycles. The van der Waals surface area contributed by atoms with Gasteiger partial charge in [0.05, 0.1) is 5.56 Å². The maximum atomic E-state index is 11.8. The second kappa shape index (κ2) is 4.38. The van der Waals surface area contributed by atoms with Gasteiger partial charge in [0.25, 0.3) is 0 Å². The standard InChI is InChI=1S/C11H14N2O3/c14-10(13-4-1-2-5-13)8-12-6-3-9(7-12)11(15)16/h3,6-7H,1-2,4-5,8H2,(H,15,16). The molecular formula is C11H14N2O3. The number of aromatic nitrogens is 1. The summed E-state index contributed by atoms with van der Waals surface area (Å²) in [6.45, 7) is 1.88. The molecule has 1 aliphatic heterocycles. The van der Waals surface area contributed by atoms with Crippen molar-refractivity contribution >= 4 is 11.9 Å². The number of likely N-dealkylation sites (tertiary alicyclic amines) is 1. The molecule has 0 spiro atoms. The van der Waals surface area contributed by atoms with Gasteiger partial charge in [0, 0.05) is 25.5 Å². The lowest BCUT2D eigenvalue weighted by atomic mass is 10.4. The Balaban J connectivity index is 1.97. The van der Waals surface area contributed by atoms with Crippen molar-refractivity contribution in [2.45, 2.75) is 19.4 Å². The third-order valence-corrected chi connectivity index (χ3v) is 2.77. The van der Waals surface area contributed by atoms with Gasteiger partial charge in [-0.25, -0.2) is 4.79 Å². The number of amides is 1. The number of carbonyl (C=O) groups excluding carboxylic acids is 1. The smallest absolute Gasteiger partial charge is 0.337 e. The van der Waals surface area contributed by atoms with E-state index in [-0.39, 0.29) is 18.0 Å². The topological polar surface area (TPSA) is 62.5 Å². The summed E-state index contributed by atoms with van der Waals surface area (Å²) in [4.78, 5) is 24.2. The van der Waals surface area contributed by atoms with Crippen molar-refractivity contribution in [1.82, 2.24) is 9.47 Å². The van der Waals surface area contributed by atoms with Crippen molar-refractivity contribution in [2.24, 2.45) is 0 Å². The molecular weight excluding hydrogens is 208 g/mol. The SMILES string of the molecule is O=C(O)c1ccn(CC(=O)N2CCCC2)c1.